The number of carbonyl (C=O) groups is 2. The van der Waals surface area contributed by atoms with E-state index in [2.05, 4.69) is 31.9 Å². The van der Waals surface area contributed by atoms with Gasteiger partial charge in [-0.1, -0.05) is 19.9 Å². The van der Waals surface area contributed by atoms with E-state index in [1.807, 2.05) is 13.8 Å². The first-order valence-electron chi connectivity index (χ1n) is 7.14. The molecule has 8 nitrogen and oxygen atoms in total. The molecule has 2 fully saturated rings. The summed E-state index contributed by atoms with van der Waals surface area (Å²) in [7, 11) is 0. The number of esters is 1. The molecule has 4 N–H and O–H groups in total. The Morgan fingerprint density at radius 2 is 1.71 bits per heavy atom. The van der Waals surface area contributed by atoms with Crippen LogP contribution in [-0.4, -0.2) is 63.1 Å². The van der Waals surface area contributed by atoms with Crippen LogP contribution < -0.4 is 0 Å². The number of halogens is 2. The average molecular weight is 474 g/mol. The minimum absolute atomic E-state index is 0.120. The molecule has 1 saturated carbocycles. The van der Waals surface area contributed by atoms with Crippen molar-refractivity contribution in [2.45, 2.75) is 44.6 Å². The molecular weight excluding hydrogens is 456 g/mol. The van der Waals surface area contributed by atoms with Crippen LogP contribution in [-0.2, 0) is 19.1 Å². The van der Waals surface area contributed by atoms with Gasteiger partial charge in [0, 0.05) is 0 Å². The van der Waals surface area contributed by atoms with Crippen LogP contribution in [0.3, 0.4) is 0 Å². The highest BCUT2D eigenvalue weighted by Gasteiger charge is 2.62. The Labute approximate surface area is 154 Å². The molecule has 3 unspecified atom stereocenters. The van der Waals surface area contributed by atoms with Crippen LogP contribution in [0.25, 0.3) is 0 Å². The number of carboxylic acids is 1. The maximum Gasteiger partial charge on any atom is 0.335 e. The molecule has 0 bridgehead atoms. The van der Waals surface area contributed by atoms with Crippen LogP contribution >= 0.6 is 31.9 Å². The molecule has 1 saturated heterocycles. The molecule has 0 radical (unpaired) electrons. The normalized spacial score (nSPS) is 40.5. The Balaban J connectivity index is 2.08. The van der Waals surface area contributed by atoms with E-state index in [9.17, 15) is 24.9 Å². The maximum atomic E-state index is 12.3. The first-order chi connectivity index (χ1) is 11.0. The lowest BCUT2D eigenvalue weighted by molar-refractivity contribution is -0.287. The summed E-state index contributed by atoms with van der Waals surface area (Å²) in [6.45, 7) is 3.72. The average Bonchev–Trinajstić information content (AvgIpc) is 2.99. The molecular formula is C14H18Br2O8. The van der Waals surface area contributed by atoms with Gasteiger partial charge < -0.3 is 29.9 Å². The highest BCUT2D eigenvalue weighted by Crippen LogP contribution is 2.60. The van der Waals surface area contributed by atoms with E-state index in [-0.39, 0.29) is 11.3 Å². The fraction of sp³-hybridized carbons (Fsp3) is 0.714. The second-order valence-electron chi connectivity index (χ2n) is 6.45. The number of ether oxygens (including phenoxy) is 2. The van der Waals surface area contributed by atoms with Gasteiger partial charge in [0.25, 0.3) is 0 Å². The van der Waals surface area contributed by atoms with Gasteiger partial charge in [0.15, 0.2) is 6.10 Å². The number of aliphatic hydroxyl groups excluding tert-OH is 3. The number of allylic oxidation sites excluding steroid dienone is 1. The number of hydrogen-bond acceptors (Lipinski definition) is 7. The van der Waals surface area contributed by atoms with Crippen LogP contribution in [0.15, 0.2) is 9.47 Å². The maximum absolute atomic E-state index is 12.3. The molecule has 0 amide bonds. The molecule has 24 heavy (non-hydrogen) atoms. The molecule has 0 aromatic carbocycles. The number of carbonyl (C=O) groups excluding carboxylic acids is 1. The monoisotopic (exact) mass is 472 g/mol. The number of aliphatic hydroxyl groups is 3. The van der Waals surface area contributed by atoms with Crippen LogP contribution in [0, 0.1) is 17.3 Å². The molecule has 2 rings (SSSR count). The lowest BCUT2D eigenvalue weighted by atomic mass is 9.99. The van der Waals surface area contributed by atoms with E-state index in [0.717, 1.165) is 0 Å². The summed E-state index contributed by atoms with van der Waals surface area (Å²) in [6, 6.07) is 0. The molecule has 0 aromatic rings. The summed E-state index contributed by atoms with van der Waals surface area (Å²) >= 11 is 6.45. The van der Waals surface area contributed by atoms with E-state index in [1.165, 1.54) is 0 Å². The van der Waals surface area contributed by atoms with Crippen molar-refractivity contribution in [2.24, 2.45) is 17.3 Å². The molecule has 0 spiro atoms. The zero-order chi connectivity index (χ0) is 18.4. The van der Waals surface area contributed by atoms with Gasteiger partial charge in [-0.05, 0) is 43.2 Å². The highest BCUT2D eigenvalue weighted by atomic mass is 79.9. The summed E-state index contributed by atoms with van der Waals surface area (Å²) in [4.78, 5) is 23.4. The molecule has 2 aliphatic rings. The molecule has 1 aliphatic carbocycles. The van der Waals surface area contributed by atoms with Crippen molar-refractivity contribution in [3.05, 3.63) is 9.47 Å². The number of rotatable bonds is 4. The fourth-order valence-electron chi connectivity index (χ4n) is 2.91. The predicted molar refractivity (Wildman–Crippen MR) is 87.1 cm³/mol. The Bertz CT molecular complexity index is 559. The Kier molecular flexibility index (Phi) is 5.78. The Hall–Kier alpha value is -0.520. The van der Waals surface area contributed by atoms with Crippen LogP contribution in [0.2, 0.25) is 0 Å². The van der Waals surface area contributed by atoms with Crippen LogP contribution in [0.1, 0.15) is 13.8 Å². The summed E-state index contributed by atoms with van der Waals surface area (Å²) in [5, 5.41) is 38.2. The quantitative estimate of drug-likeness (QED) is 0.429. The summed E-state index contributed by atoms with van der Waals surface area (Å²) in [5.74, 6) is -2.85. The SMILES string of the molecule is CC1(C)C(C=C(Br)Br)C1C(=O)OC1O[C@H](C(=O)O)[C@@H](O)[C@H](O)[C@H]1O. The number of aliphatic carboxylic acids is 1. The minimum Gasteiger partial charge on any atom is -0.479 e. The van der Waals surface area contributed by atoms with Crippen molar-refractivity contribution >= 4 is 43.8 Å². The van der Waals surface area contributed by atoms with Gasteiger partial charge in [-0.25, -0.2) is 4.79 Å². The molecule has 136 valence electrons. The standard InChI is InChI=1S/C14H18Br2O8/c1-14(2)4(3-5(15)16)6(14)12(22)24-13-9(19)7(17)8(18)10(23-13)11(20)21/h3-4,6-10,13,17-19H,1-2H3,(H,20,21)/t4?,6?,7-,8-,9+,10-,13?/m0/s1. The summed E-state index contributed by atoms with van der Waals surface area (Å²) in [6.07, 6.45) is -7.07. The van der Waals surface area contributed by atoms with Gasteiger partial charge in [-0.15, -0.1) is 0 Å². The van der Waals surface area contributed by atoms with Crippen molar-refractivity contribution in [1.82, 2.24) is 0 Å². The summed E-state index contributed by atoms with van der Waals surface area (Å²) in [5.41, 5.74) is -0.381. The Morgan fingerprint density at radius 1 is 1.12 bits per heavy atom. The number of hydrogen-bond donors (Lipinski definition) is 4. The fourth-order valence-corrected chi connectivity index (χ4v) is 3.48. The van der Waals surface area contributed by atoms with Crippen molar-refractivity contribution in [3.8, 4) is 0 Å². The topological polar surface area (TPSA) is 134 Å². The zero-order valence-electron chi connectivity index (χ0n) is 12.8. The highest BCUT2D eigenvalue weighted by molar-refractivity contribution is 9.28. The van der Waals surface area contributed by atoms with Gasteiger partial charge >= 0.3 is 11.9 Å². The predicted octanol–water partition coefficient (Wildman–Crippen LogP) is 0.325. The van der Waals surface area contributed by atoms with E-state index in [0.29, 0.717) is 3.39 Å². The van der Waals surface area contributed by atoms with Gasteiger partial charge in [0.05, 0.1) is 9.31 Å². The first kappa shape index (κ1) is 19.8. The van der Waals surface area contributed by atoms with E-state index < -0.39 is 48.6 Å². The van der Waals surface area contributed by atoms with Gasteiger partial charge in [0.2, 0.25) is 6.29 Å². The third-order valence-corrected chi connectivity index (χ3v) is 5.04. The van der Waals surface area contributed by atoms with E-state index >= 15 is 0 Å². The summed E-state index contributed by atoms with van der Waals surface area (Å²) < 4.78 is 10.7. The van der Waals surface area contributed by atoms with Gasteiger partial charge in [0.1, 0.15) is 18.3 Å². The third kappa shape index (κ3) is 3.68. The second kappa shape index (κ2) is 7.00. The Morgan fingerprint density at radius 3 is 2.21 bits per heavy atom. The lowest BCUT2D eigenvalue weighted by Crippen LogP contribution is -2.60. The van der Waals surface area contributed by atoms with E-state index in [1.54, 1.807) is 6.08 Å². The first-order valence-corrected chi connectivity index (χ1v) is 8.73. The van der Waals surface area contributed by atoms with Crippen LogP contribution in [0.5, 0.6) is 0 Å². The third-order valence-electron chi connectivity index (χ3n) is 4.52. The van der Waals surface area contributed by atoms with Crippen molar-refractivity contribution in [1.29, 1.82) is 0 Å². The molecule has 1 heterocycles. The van der Waals surface area contributed by atoms with Crippen molar-refractivity contribution < 1.29 is 39.5 Å². The molecule has 0 aromatic heterocycles. The zero-order valence-corrected chi connectivity index (χ0v) is 16.0. The van der Waals surface area contributed by atoms with Crippen molar-refractivity contribution in [2.75, 3.05) is 0 Å². The second-order valence-corrected chi connectivity index (χ2v) is 9.23. The van der Waals surface area contributed by atoms with Crippen LogP contribution in [0.4, 0.5) is 0 Å². The van der Waals surface area contributed by atoms with Gasteiger partial charge in [-0.2, -0.15) is 0 Å². The molecule has 10 heteroatoms. The lowest BCUT2D eigenvalue weighted by Gasteiger charge is -2.38. The minimum atomic E-state index is -1.83. The molecule has 1 aliphatic heterocycles. The van der Waals surface area contributed by atoms with Gasteiger partial charge in [-0.3, -0.25) is 4.79 Å². The smallest absolute Gasteiger partial charge is 0.335 e. The largest absolute Gasteiger partial charge is 0.479 e. The van der Waals surface area contributed by atoms with Crippen molar-refractivity contribution in [3.63, 3.8) is 0 Å². The molecule has 7 atom stereocenters. The number of carboxylic acid groups (broad SMARTS) is 1. The van der Waals surface area contributed by atoms with E-state index in [4.69, 9.17) is 14.6 Å².